The fraction of sp³-hybridized carbons (Fsp3) is 0.316. The van der Waals surface area contributed by atoms with Gasteiger partial charge in [0.1, 0.15) is 5.56 Å². The van der Waals surface area contributed by atoms with E-state index in [1.165, 1.54) is 13.0 Å². The smallest absolute Gasteiger partial charge is 0.261 e. The quantitative estimate of drug-likeness (QED) is 0.800. The van der Waals surface area contributed by atoms with Crippen LogP contribution in [0.1, 0.15) is 52.2 Å². The molecule has 5 nitrogen and oxygen atoms in total. The highest BCUT2D eigenvalue weighted by Gasteiger charge is 2.21. The van der Waals surface area contributed by atoms with Crippen molar-refractivity contribution in [1.29, 1.82) is 0 Å². The number of aromatic nitrogens is 1. The molecule has 0 fully saturated rings. The molecule has 132 valence electrons. The maximum Gasteiger partial charge on any atom is 0.261 e. The van der Waals surface area contributed by atoms with E-state index in [9.17, 15) is 14.4 Å². The number of rotatable bonds is 6. The minimum absolute atomic E-state index is 0.0220. The zero-order valence-electron chi connectivity index (χ0n) is 14.6. The van der Waals surface area contributed by atoms with Crippen LogP contribution in [0.15, 0.2) is 35.1 Å². The highest BCUT2D eigenvalue weighted by Crippen LogP contribution is 2.15. The standard InChI is InChI=1S/C19H21ClN2O3/c1-4-8-22(11-14-6-5-7-15(20)9-14)19(25)17-10-16(13(3)23)12(2)21-18(17)24/h5-7,9-10H,4,8,11H2,1-3H3,(H,21,24). The van der Waals surface area contributed by atoms with Crippen molar-refractivity contribution in [2.24, 2.45) is 0 Å². The molecule has 0 radical (unpaired) electrons. The Morgan fingerprint density at radius 2 is 1.92 bits per heavy atom. The summed E-state index contributed by atoms with van der Waals surface area (Å²) in [6.45, 7) is 5.84. The van der Waals surface area contributed by atoms with Gasteiger partial charge in [0.25, 0.3) is 11.5 Å². The van der Waals surface area contributed by atoms with Gasteiger partial charge in [-0.05, 0) is 44.0 Å². The molecule has 1 N–H and O–H groups in total. The summed E-state index contributed by atoms with van der Waals surface area (Å²) in [6.07, 6.45) is 0.746. The summed E-state index contributed by atoms with van der Waals surface area (Å²) in [7, 11) is 0. The number of nitrogens with zero attached hydrogens (tertiary/aromatic N) is 1. The molecular weight excluding hydrogens is 340 g/mol. The van der Waals surface area contributed by atoms with Gasteiger partial charge in [-0.3, -0.25) is 14.4 Å². The van der Waals surface area contributed by atoms with Crippen molar-refractivity contribution >= 4 is 23.3 Å². The first-order chi connectivity index (χ1) is 11.8. The van der Waals surface area contributed by atoms with Crippen molar-refractivity contribution in [3.8, 4) is 0 Å². The number of halogens is 1. The molecule has 1 aromatic carbocycles. The van der Waals surface area contributed by atoms with Gasteiger partial charge in [-0.1, -0.05) is 30.7 Å². The number of amides is 1. The van der Waals surface area contributed by atoms with E-state index in [0.29, 0.717) is 29.4 Å². The monoisotopic (exact) mass is 360 g/mol. The number of nitrogens with one attached hydrogen (secondary N) is 1. The Morgan fingerprint density at radius 3 is 2.52 bits per heavy atom. The van der Waals surface area contributed by atoms with Crippen LogP contribution in [0.2, 0.25) is 5.02 Å². The molecule has 0 aliphatic rings. The molecule has 0 unspecified atom stereocenters. The molecule has 6 heteroatoms. The molecule has 1 amide bonds. The van der Waals surface area contributed by atoms with Gasteiger partial charge >= 0.3 is 0 Å². The minimum Gasteiger partial charge on any atom is -0.334 e. The molecule has 2 aromatic rings. The molecule has 0 aliphatic heterocycles. The molecular formula is C19H21ClN2O3. The fourth-order valence-corrected chi connectivity index (χ4v) is 2.91. The number of pyridine rings is 1. The summed E-state index contributed by atoms with van der Waals surface area (Å²) in [4.78, 5) is 41.0. The van der Waals surface area contributed by atoms with Gasteiger partial charge < -0.3 is 9.88 Å². The summed E-state index contributed by atoms with van der Waals surface area (Å²) in [5.41, 5.74) is 1.18. The molecule has 0 saturated carbocycles. The minimum atomic E-state index is -0.486. The zero-order chi connectivity index (χ0) is 18.6. The first-order valence-electron chi connectivity index (χ1n) is 8.12. The summed E-state index contributed by atoms with van der Waals surface area (Å²) in [5, 5.41) is 0.591. The first kappa shape index (κ1) is 18.9. The maximum absolute atomic E-state index is 12.9. The third-order valence-corrected chi connectivity index (χ3v) is 4.13. The van der Waals surface area contributed by atoms with Crippen molar-refractivity contribution in [2.45, 2.75) is 33.7 Å². The van der Waals surface area contributed by atoms with Crippen molar-refractivity contribution in [3.05, 3.63) is 68.1 Å². The lowest BCUT2D eigenvalue weighted by Gasteiger charge is -2.22. The molecule has 0 bridgehead atoms. The number of carbonyl (C=O) groups excluding carboxylic acids is 2. The normalized spacial score (nSPS) is 10.6. The third-order valence-electron chi connectivity index (χ3n) is 3.89. The lowest BCUT2D eigenvalue weighted by atomic mass is 10.1. The van der Waals surface area contributed by atoms with Gasteiger partial charge in [0.05, 0.1) is 0 Å². The van der Waals surface area contributed by atoms with Crippen molar-refractivity contribution in [3.63, 3.8) is 0 Å². The van der Waals surface area contributed by atoms with E-state index >= 15 is 0 Å². The SMILES string of the molecule is CCCN(Cc1cccc(Cl)c1)C(=O)c1cc(C(C)=O)c(C)[nH]c1=O. The number of benzene rings is 1. The van der Waals surface area contributed by atoms with Crippen LogP contribution in [0.5, 0.6) is 0 Å². The van der Waals surface area contributed by atoms with Crippen LogP contribution in [0.3, 0.4) is 0 Å². The number of aryl methyl sites for hydroxylation is 1. The van der Waals surface area contributed by atoms with E-state index < -0.39 is 11.5 Å². The summed E-state index contributed by atoms with van der Waals surface area (Å²) in [5.74, 6) is -0.592. The Bertz CT molecular complexity index is 858. The topological polar surface area (TPSA) is 70.2 Å². The van der Waals surface area contributed by atoms with Crippen LogP contribution >= 0.6 is 11.6 Å². The number of carbonyl (C=O) groups is 2. The van der Waals surface area contributed by atoms with Gasteiger partial charge in [0.15, 0.2) is 5.78 Å². The second-order valence-electron chi connectivity index (χ2n) is 5.96. The van der Waals surface area contributed by atoms with Crippen molar-refractivity contribution < 1.29 is 9.59 Å². The van der Waals surface area contributed by atoms with Crippen LogP contribution in [0, 0.1) is 6.92 Å². The molecule has 0 atom stereocenters. The number of ketones is 1. The molecule has 1 heterocycles. The average molecular weight is 361 g/mol. The average Bonchev–Trinajstić information content (AvgIpc) is 2.53. The lowest BCUT2D eigenvalue weighted by Crippen LogP contribution is -2.35. The molecule has 25 heavy (non-hydrogen) atoms. The number of hydrogen-bond acceptors (Lipinski definition) is 3. The number of hydrogen-bond donors (Lipinski definition) is 1. The van der Waals surface area contributed by atoms with E-state index in [1.807, 2.05) is 19.1 Å². The lowest BCUT2D eigenvalue weighted by molar-refractivity contribution is 0.0741. The maximum atomic E-state index is 12.9. The zero-order valence-corrected chi connectivity index (χ0v) is 15.3. The summed E-state index contributed by atoms with van der Waals surface area (Å²) >= 11 is 6.00. The van der Waals surface area contributed by atoms with Crippen molar-refractivity contribution in [1.82, 2.24) is 9.88 Å². The van der Waals surface area contributed by atoms with Crippen LogP contribution in [0.25, 0.3) is 0 Å². The van der Waals surface area contributed by atoms with Gasteiger partial charge in [-0.25, -0.2) is 0 Å². The molecule has 1 aromatic heterocycles. The summed E-state index contributed by atoms with van der Waals surface area (Å²) < 4.78 is 0. The van der Waals surface area contributed by atoms with Gasteiger partial charge in [-0.2, -0.15) is 0 Å². The third kappa shape index (κ3) is 4.57. The Labute approximate surface area is 151 Å². The molecule has 0 saturated heterocycles. The Morgan fingerprint density at radius 1 is 1.20 bits per heavy atom. The molecule has 0 aliphatic carbocycles. The predicted molar refractivity (Wildman–Crippen MR) is 98.3 cm³/mol. The highest BCUT2D eigenvalue weighted by molar-refractivity contribution is 6.30. The van der Waals surface area contributed by atoms with E-state index in [0.717, 1.165) is 12.0 Å². The Balaban J connectivity index is 2.39. The van der Waals surface area contributed by atoms with Crippen molar-refractivity contribution in [2.75, 3.05) is 6.54 Å². The second-order valence-corrected chi connectivity index (χ2v) is 6.40. The molecule has 0 spiro atoms. The Hall–Kier alpha value is -2.40. The van der Waals surface area contributed by atoms with Gasteiger partial charge in [-0.15, -0.1) is 0 Å². The van der Waals surface area contributed by atoms with Gasteiger partial charge in [0, 0.05) is 29.4 Å². The van der Waals surface area contributed by atoms with Crippen LogP contribution < -0.4 is 5.56 Å². The highest BCUT2D eigenvalue weighted by atomic mass is 35.5. The van der Waals surface area contributed by atoms with Gasteiger partial charge in [0.2, 0.25) is 0 Å². The predicted octanol–water partition coefficient (Wildman–Crippen LogP) is 3.59. The fourth-order valence-electron chi connectivity index (χ4n) is 2.70. The first-order valence-corrected chi connectivity index (χ1v) is 8.49. The largest absolute Gasteiger partial charge is 0.334 e. The van der Waals surface area contributed by atoms with Crippen LogP contribution in [-0.2, 0) is 6.54 Å². The van der Waals surface area contributed by atoms with Crippen LogP contribution in [-0.4, -0.2) is 28.1 Å². The second kappa shape index (κ2) is 8.12. The Kier molecular flexibility index (Phi) is 6.15. The van der Waals surface area contributed by atoms with Crippen LogP contribution in [0.4, 0.5) is 0 Å². The van der Waals surface area contributed by atoms with E-state index in [2.05, 4.69) is 4.98 Å². The number of H-pyrrole nitrogens is 1. The van der Waals surface area contributed by atoms with E-state index in [1.54, 1.807) is 24.0 Å². The number of aromatic amines is 1. The number of Topliss-reactive ketones (excluding diaryl/α,β-unsaturated/α-hetero) is 1. The van der Waals surface area contributed by atoms with E-state index in [-0.39, 0.29) is 11.3 Å². The van der Waals surface area contributed by atoms with E-state index in [4.69, 9.17) is 11.6 Å². The summed E-state index contributed by atoms with van der Waals surface area (Å²) in [6, 6.07) is 8.64. The molecule has 2 rings (SSSR count).